The molecule has 1 fully saturated rings. The highest BCUT2D eigenvalue weighted by atomic mass is 19.1. The van der Waals surface area contributed by atoms with Gasteiger partial charge in [0.2, 0.25) is 0 Å². The Balaban J connectivity index is 1.76. The molecule has 4 rings (SSSR count). The summed E-state index contributed by atoms with van der Waals surface area (Å²) in [7, 11) is 1.57. The van der Waals surface area contributed by atoms with Crippen LogP contribution in [0.1, 0.15) is 25.0 Å². The third-order valence-corrected chi connectivity index (χ3v) is 5.54. The molecule has 1 saturated heterocycles. The molecular weight excluding hydrogens is 399 g/mol. The number of imide groups is 1. The third-order valence-electron chi connectivity index (χ3n) is 5.54. The van der Waals surface area contributed by atoms with E-state index in [1.165, 1.54) is 6.07 Å². The monoisotopic (exact) mass is 424 g/mol. The maximum atomic E-state index is 14.3. The van der Waals surface area contributed by atoms with Crippen LogP contribution >= 0.6 is 0 Å². The van der Waals surface area contributed by atoms with E-state index in [0.717, 1.165) is 4.90 Å². The van der Waals surface area contributed by atoms with Crippen LogP contribution in [0.4, 0.5) is 4.39 Å². The molecule has 2 atom stereocenters. The van der Waals surface area contributed by atoms with Crippen molar-refractivity contribution < 1.29 is 23.5 Å². The molecule has 2 amide bonds. The SMILES string of the molecule is COc1ccc(C2=C(N3CC(C)OC(C)C3)C(=O)N(Cc3ccccc3F)C2=O)cc1. The van der Waals surface area contributed by atoms with Gasteiger partial charge in [-0.05, 0) is 37.6 Å². The number of nitrogens with zero attached hydrogens (tertiary/aromatic N) is 2. The van der Waals surface area contributed by atoms with Crippen LogP contribution in [0.2, 0.25) is 0 Å². The van der Waals surface area contributed by atoms with Crippen LogP contribution < -0.4 is 4.74 Å². The van der Waals surface area contributed by atoms with Crippen LogP contribution in [0, 0.1) is 5.82 Å². The Bertz CT molecular complexity index is 1020. The van der Waals surface area contributed by atoms with Crippen LogP contribution in [0.3, 0.4) is 0 Å². The van der Waals surface area contributed by atoms with E-state index >= 15 is 0 Å². The Labute approximate surface area is 180 Å². The fourth-order valence-electron chi connectivity index (χ4n) is 4.18. The largest absolute Gasteiger partial charge is 0.497 e. The third kappa shape index (κ3) is 4.05. The van der Waals surface area contributed by atoms with Gasteiger partial charge in [0, 0.05) is 18.7 Å². The maximum absolute atomic E-state index is 14.3. The number of carbonyl (C=O) groups excluding carboxylic acids is 2. The predicted molar refractivity (Wildman–Crippen MR) is 113 cm³/mol. The molecule has 0 aliphatic carbocycles. The molecule has 2 aromatic carbocycles. The number of carbonyl (C=O) groups is 2. The molecule has 7 heteroatoms. The number of hydrogen-bond acceptors (Lipinski definition) is 5. The van der Waals surface area contributed by atoms with E-state index in [2.05, 4.69) is 0 Å². The molecule has 0 aromatic heterocycles. The Morgan fingerprint density at radius 3 is 2.26 bits per heavy atom. The average molecular weight is 424 g/mol. The summed E-state index contributed by atoms with van der Waals surface area (Å²) in [6.45, 7) is 4.74. The average Bonchev–Trinajstić information content (AvgIpc) is 2.99. The molecule has 0 spiro atoms. The standard InChI is InChI=1S/C24H25FN2O4/c1-15-12-26(13-16(2)31-15)22-21(17-8-10-19(30-3)11-9-17)23(28)27(24(22)29)14-18-6-4-5-7-20(18)25/h4-11,15-16H,12-14H2,1-3H3. The number of benzene rings is 2. The van der Waals surface area contributed by atoms with Gasteiger partial charge >= 0.3 is 0 Å². The maximum Gasteiger partial charge on any atom is 0.278 e. The minimum Gasteiger partial charge on any atom is -0.497 e. The quantitative estimate of drug-likeness (QED) is 0.690. The minimum absolute atomic E-state index is 0.0862. The summed E-state index contributed by atoms with van der Waals surface area (Å²) >= 11 is 0. The van der Waals surface area contributed by atoms with Gasteiger partial charge in [-0.1, -0.05) is 30.3 Å². The van der Waals surface area contributed by atoms with Gasteiger partial charge in [0.1, 0.15) is 17.3 Å². The molecular formula is C24H25FN2O4. The van der Waals surface area contributed by atoms with Gasteiger partial charge in [-0.25, -0.2) is 4.39 Å². The van der Waals surface area contributed by atoms with Crippen molar-refractivity contribution in [1.29, 1.82) is 0 Å². The predicted octanol–water partition coefficient (Wildman–Crippen LogP) is 3.22. The topological polar surface area (TPSA) is 59.1 Å². The van der Waals surface area contributed by atoms with E-state index in [-0.39, 0.29) is 18.8 Å². The van der Waals surface area contributed by atoms with Crippen LogP contribution in [0.5, 0.6) is 5.75 Å². The van der Waals surface area contributed by atoms with Crippen LogP contribution in [0.25, 0.3) is 5.57 Å². The van der Waals surface area contributed by atoms with E-state index in [1.54, 1.807) is 49.6 Å². The van der Waals surface area contributed by atoms with Crippen molar-refractivity contribution in [2.75, 3.05) is 20.2 Å². The molecule has 2 unspecified atom stereocenters. The van der Waals surface area contributed by atoms with Crippen LogP contribution in [-0.4, -0.2) is 54.0 Å². The summed E-state index contributed by atoms with van der Waals surface area (Å²) in [5.41, 5.74) is 1.58. The number of halogens is 1. The highest BCUT2D eigenvalue weighted by Crippen LogP contribution is 2.34. The lowest BCUT2D eigenvalue weighted by atomic mass is 10.0. The van der Waals surface area contributed by atoms with Crippen molar-refractivity contribution in [3.8, 4) is 5.75 Å². The smallest absolute Gasteiger partial charge is 0.278 e. The molecule has 2 aliphatic rings. The summed E-state index contributed by atoms with van der Waals surface area (Å²) in [6.07, 6.45) is -0.172. The Kier molecular flexibility index (Phi) is 5.78. The van der Waals surface area contributed by atoms with Crippen molar-refractivity contribution >= 4 is 17.4 Å². The summed E-state index contributed by atoms with van der Waals surface area (Å²) in [5.74, 6) is -0.642. The summed E-state index contributed by atoms with van der Waals surface area (Å²) < 4.78 is 25.3. The van der Waals surface area contributed by atoms with E-state index < -0.39 is 17.6 Å². The van der Waals surface area contributed by atoms with E-state index in [0.29, 0.717) is 41.2 Å². The second-order valence-corrected chi connectivity index (χ2v) is 7.90. The molecule has 2 aromatic rings. The Morgan fingerprint density at radius 1 is 1.00 bits per heavy atom. The van der Waals surface area contributed by atoms with Gasteiger partial charge in [-0.15, -0.1) is 0 Å². The molecule has 6 nitrogen and oxygen atoms in total. The second-order valence-electron chi connectivity index (χ2n) is 7.90. The second kappa shape index (κ2) is 8.51. The van der Waals surface area contributed by atoms with Gasteiger partial charge in [0.05, 0.1) is 31.4 Å². The first kappa shape index (κ1) is 21.1. The van der Waals surface area contributed by atoms with Crippen LogP contribution in [-0.2, 0) is 20.9 Å². The number of methoxy groups -OCH3 is 1. The number of rotatable bonds is 5. The van der Waals surface area contributed by atoms with Gasteiger partial charge in [0.25, 0.3) is 11.8 Å². The van der Waals surface area contributed by atoms with Crippen molar-refractivity contribution in [3.63, 3.8) is 0 Å². The molecule has 31 heavy (non-hydrogen) atoms. The van der Waals surface area contributed by atoms with Crippen molar-refractivity contribution in [3.05, 3.63) is 71.2 Å². The first-order valence-electron chi connectivity index (χ1n) is 10.3. The first-order valence-corrected chi connectivity index (χ1v) is 10.3. The number of morpholine rings is 1. The highest BCUT2D eigenvalue weighted by Gasteiger charge is 2.43. The zero-order chi connectivity index (χ0) is 22.1. The zero-order valence-electron chi connectivity index (χ0n) is 17.8. The summed E-state index contributed by atoms with van der Waals surface area (Å²) in [6, 6.07) is 13.2. The molecule has 2 aliphatic heterocycles. The van der Waals surface area contributed by atoms with Crippen molar-refractivity contribution in [1.82, 2.24) is 9.80 Å². The molecule has 2 heterocycles. The number of amides is 2. The zero-order valence-corrected chi connectivity index (χ0v) is 17.8. The van der Waals surface area contributed by atoms with Gasteiger partial charge in [-0.2, -0.15) is 0 Å². The highest BCUT2D eigenvalue weighted by molar-refractivity contribution is 6.35. The molecule has 0 radical (unpaired) electrons. The lowest BCUT2D eigenvalue weighted by Crippen LogP contribution is -2.46. The number of hydrogen-bond donors (Lipinski definition) is 0. The molecule has 0 saturated carbocycles. The molecule has 162 valence electrons. The van der Waals surface area contributed by atoms with Gasteiger partial charge < -0.3 is 14.4 Å². The lowest BCUT2D eigenvalue weighted by Gasteiger charge is -2.37. The van der Waals surface area contributed by atoms with Gasteiger partial charge in [0.15, 0.2) is 0 Å². The molecule has 0 bridgehead atoms. The van der Waals surface area contributed by atoms with Crippen molar-refractivity contribution in [2.45, 2.75) is 32.6 Å². The Morgan fingerprint density at radius 2 is 1.65 bits per heavy atom. The minimum atomic E-state index is -0.448. The van der Waals surface area contributed by atoms with E-state index in [1.807, 2.05) is 18.7 Å². The summed E-state index contributed by atoms with van der Waals surface area (Å²) in [5, 5.41) is 0. The van der Waals surface area contributed by atoms with E-state index in [4.69, 9.17) is 9.47 Å². The number of ether oxygens (including phenoxy) is 2. The summed E-state index contributed by atoms with van der Waals surface area (Å²) in [4.78, 5) is 29.9. The van der Waals surface area contributed by atoms with Gasteiger partial charge in [-0.3, -0.25) is 14.5 Å². The van der Waals surface area contributed by atoms with Crippen LogP contribution in [0.15, 0.2) is 54.2 Å². The Hall–Kier alpha value is -3.19. The fraction of sp³-hybridized carbons (Fsp3) is 0.333. The van der Waals surface area contributed by atoms with Crippen molar-refractivity contribution in [2.24, 2.45) is 0 Å². The lowest BCUT2D eigenvalue weighted by molar-refractivity contribution is -0.139. The first-order chi connectivity index (χ1) is 14.9. The normalized spacial score (nSPS) is 21.8. The van der Waals surface area contributed by atoms with E-state index in [9.17, 15) is 14.0 Å². The molecule has 0 N–H and O–H groups in total. The fourth-order valence-corrected chi connectivity index (χ4v) is 4.18.